The summed E-state index contributed by atoms with van der Waals surface area (Å²) in [7, 11) is 0. The Morgan fingerprint density at radius 3 is 2.52 bits per heavy atom. The van der Waals surface area contributed by atoms with Crippen LogP contribution in [0.4, 0.5) is 0 Å². The fourth-order valence-electron chi connectivity index (χ4n) is 3.70. The minimum atomic E-state index is 0.768. The smallest absolute Gasteiger partial charge is 0.0484 e. The van der Waals surface area contributed by atoms with Crippen LogP contribution in [-0.4, -0.2) is 24.6 Å². The minimum absolute atomic E-state index is 0.768. The Balaban J connectivity index is 1.32. The maximum absolute atomic E-state index is 6.47. The summed E-state index contributed by atoms with van der Waals surface area (Å²) >= 11 is 6.47. The second-order valence-electron chi connectivity index (χ2n) is 7.36. The van der Waals surface area contributed by atoms with Gasteiger partial charge in [0.25, 0.3) is 0 Å². The van der Waals surface area contributed by atoms with Crippen LogP contribution in [0.15, 0.2) is 97.3 Å². The van der Waals surface area contributed by atoms with E-state index in [0.717, 1.165) is 42.3 Å². The predicted octanol–water partition coefficient (Wildman–Crippen LogP) is 5.70. The van der Waals surface area contributed by atoms with E-state index in [1.807, 2.05) is 36.7 Å². The number of pyridine rings is 1. The molecule has 0 amide bonds. The van der Waals surface area contributed by atoms with Gasteiger partial charge in [0.15, 0.2) is 0 Å². The Hall–Kier alpha value is -2.98. The molecule has 1 heterocycles. The van der Waals surface area contributed by atoms with Gasteiger partial charge in [0.2, 0.25) is 0 Å². The standard InChI is InChI=1S/C27H26ClN3/c28-27-12-5-4-11-26(27)25(21-7-2-1-3-8-21)14-15-29-17-18-31-20-23-10-6-9-22-19-30-16-13-24(22)23/h1-14,16,19,29,31H,15,17-18,20H2/b25-14+. The molecule has 0 unspecified atom stereocenters. The predicted molar refractivity (Wildman–Crippen MR) is 131 cm³/mol. The first-order valence-electron chi connectivity index (χ1n) is 10.6. The van der Waals surface area contributed by atoms with Crippen molar-refractivity contribution in [2.24, 2.45) is 0 Å². The summed E-state index contributed by atoms with van der Waals surface area (Å²) in [6, 6.07) is 26.8. The highest BCUT2D eigenvalue weighted by molar-refractivity contribution is 6.32. The third kappa shape index (κ3) is 5.59. The fourth-order valence-corrected chi connectivity index (χ4v) is 3.94. The summed E-state index contributed by atoms with van der Waals surface area (Å²) in [5.74, 6) is 0. The maximum Gasteiger partial charge on any atom is 0.0484 e. The number of hydrogen-bond donors (Lipinski definition) is 2. The van der Waals surface area contributed by atoms with Crippen molar-refractivity contribution in [3.8, 4) is 0 Å². The van der Waals surface area contributed by atoms with Crippen molar-refractivity contribution in [1.29, 1.82) is 0 Å². The molecule has 3 nitrogen and oxygen atoms in total. The van der Waals surface area contributed by atoms with Gasteiger partial charge >= 0.3 is 0 Å². The fraction of sp³-hybridized carbons (Fsp3) is 0.148. The van der Waals surface area contributed by atoms with Gasteiger partial charge in [-0.1, -0.05) is 84.4 Å². The molecule has 4 rings (SSSR count). The highest BCUT2D eigenvalue weighted by Gasteiger charge is 2.08. The lowest BCUT2D eigenvalue weighted by Crippen LogP contribution is -2.27. The number of nitrogens with one attached hydrogen (secondary N) is 2. The molecule has 0 aliphatic heterocycles. The van der Waals surface area contributed by atoms with E-state index in [2.05, 4.69) is 76.3 Å². The Kier molecular flexibility index (Phi) is 7.46. The molecule has 0 radical (unpaired) electrons. The monoisotopic (exact) mass is 427 g/mol. The lowest BCUT2D eigenvalue weighted by Gasteiger charge is -2.12. The second kappa shape index (κ2) is 10.9. The molecule has 31 heavy (non-hydrogen) atoms. The number of fused-ring (bicyclic) bond motifs is 1. The summed E-state index contributed by atoms with van der Waals surface area (Å²) in [5, 5.41) is 10.2. The van der Waals surface area contributed by atoms with Crippen molar-refractivity contribution in [3.05, 3.63) is 119 Å². The third-order valence-electron chi connectivity index (χ3n) is 5.26. The normalized spacial score (nSPS) is 11.7. The Morgan fingerprint density at radius 1 is 0.839 bits per heavy atom. The van der Waals surface area contributed by atoms with E-state index in [1.54, 1.807) is 0 Å². The summed E-state index contributed by atoms with van der Waals surface area (Å²) in [6.45, 7) is 3.39. The molecule has 0 aliphatic rings. The highest BCUT2D eigenvalue weighted by Crippen LogP contribution is 2.28. The average molecular weight is 428 g/mol. The van der Waals surface area contributed by atoms with Crippen molar-refractivity contribution in [2.75, 3.05) is 19.6 Å². The van der Waals surface area contributed by atoms with E-state index in [0.29, 0.717) is 0 Å². The molecule has 1 aromatic heterocycles. The second-order valence-corrected chi connectivity index (χ2v) is 7.77. The maximum atomic E-state index is 6.47. The molecule has 0 atom stereocenters. The summed E-state index contributed by atoms with van der Waals surface area (Å²) < 4.78 is 0. The molecule has 0 aliphatic carbocycles. The van der Waals surface area contributed by atoms with Crippen LogP contribution in [0.3, 0.4) is 0 Å². The van der Waals surface area contributed by atoms with Crippen LogP contribution in [0.25, 0.3) is 16.3 Å². The molecule has 2 N–H and O–H groups in total. The average Bonchev–Trinajstić information content (AvgIpc) is 2.82. The van der Waals surface area contributed by atoms with Gasteiger partial charge in [0.05, 0.1) is 0 Å². The van der Waals surface area contributed by atoms with Crippen LogP contribution >= 0.6 is 11.6 Å². The quantitative estimate of drug-likeness (QED) is 0.336. The number of aromatic nitrogens is 1. The van der Waals surface area contributed by atoms with Gasteiger partial charge in [-0.15, -0.1) is 0 Å². The van der Waals surface area contributed by atoms with E-state index in [-0.39, 0.29) is 0 Å². The first kappa shape index (κ1) is 21.3. The number of hydrogen-bond acceptors (Lipinski definition) is 3. The molecule has 0 saturated carbocycles. The van der Waals surface area contributed by atoms with Crippen LogP contribution in [0.1, 0.15) is 16.7 Å². The molecule has 4 heteroatoms. The molecule has 0 fully saturated rings. The van der Waals surface area contributed by atoms with E-state index in [4.69, 9.17) is 11.6 Å². The van der Waals surface area contributed by atoms with Gasteiger partial charge in [0, 0.05) is 54.5 Å². The summed E-state index contributed by atoms with van der Waals surface area (Å²) in [4.78, 5) is 4.20. The minimum Gasteiger partial charge on any atom is -0.312 e. The van der Waals surface area contributed by atoms with Crippen molar-refractivity contribution in [2.45, 2.75) is 6.54 Å². The summed E-state index contributed by atoms with van der Waals surface area (Å²) in [6.07, 6.45) is 5.98. The topological polar surface area (TPSA) is 37.0 Å². The van der Waals surface area contributed by atoms with Crippen molar-refractivity contribution in [1.82, 2.24) is 15.6 Å². The van der Waals surface area contributed by atoms with Gasteiger partial charge in [-0.05, 0) is 34.2 Å². The molecule has 0 spiro atoms. The van der Waals surface area contributed by atoms with Crippen LogP contribution in [0, 0.1) is 0 Å². The van der Waals surface area contributed by atoms with Gasteiger partial charge in [-0.3, -0.25) is 4.98 Å². The largest absolute Gasteiger partial charge is 0.312 e. The number of rotatable bonds is 9. The van der Waals surface area contributed by atoms with Gasteiger partial charge < -0.3 is 10.6 Å². The Labute approximate surface area is 188 Å². The van der Waals surface area contributed by atoms with E-state index in [1.165, 1.54) is 21.9 Å². The molecule has 3 aromatic carbocycles. The molecule has 0 bridgehead atoms. The van der Waals surface area contributed by atoms with Crippen LogP contribution < -0.4 is 10.6 Å². The van der Waals surface area contributed by atoms with E-state index >= 15 is 0 Å². The first-order valence-corrected chi connectivity index (χ1v) is 10.9. The molecule has 0 saturated heterocycles. The zero-order valence-corrected chi connectivity index (χ0v) is 18.1. The molecule has 4 aromatic rings. The van der Waals surface area contributed by atoms with Gasteiger partial charge in [-0.25, -0.2) is 0 Å². The van der Waals surface area contributed by atoms with Crippen LogP contribution in [0.5, 0.6) is 0 Å². The zero-order chi connectivity index (χ0) is 21.3. The van der Waals surface area contributed by atoms with Crippen molar-refractivity contribution >= 4 is 27.9 Å². The third-order valence-corrected chi connectivity index (χ3v) is 5.59. The molecular weight excluding hydrogens is 402 g/mol. The lowest BCUT2D eigenvalue weighted by atomic mass is 9.97. The van der Waals surface area contributed by atoms with Crippen molar-refractivity contribution in [3.63, 3.8) is 0 Å². The number of nitrogens with zero attached hydrogens (tertiary/aromatic N) is 1. The van der Waals surface area contributed by atoms with Crippen LogP contribution in [0.2, 0.25) is 5.02 Å². The van der Waals surface area contributed by atoms with Crippen LogP contribution in [-0.2, 0) is 6.54 Å². The SMILES string of the molecule is Clc1ccccc1/C(=C/CNCCNCc1cccc2cnccc12)c1ccccc1. The van der Waals surface area contributed by atoms with Crippen molar-refractivity contribution < 1.29 is 0 Å². The zero-order valence-electron chi connectivity index (χ0n) is 17.4. The lowest BCUT2D eigenvalue weighted by molar-refractivity contribution is 0.637. The number of halogens is 1. The first-order chi connectivity index (χ1) is 15.3. The summed E-state index contributed by atoms with van der Waals surface area (Å²) in [5.41, 5.74) is 4.67. The Bertz CT molecular complexity index is 1150. The highest BCUT2D eigenvalue weighted by atomic mass is 35.5. The van der Waals surface area contributed by atoms with E-state index < -0.39 is 0 Å². The van der Waals surface area contributed by atoms with Gasteiger partial charge in [-0.2, -0.15) is 0 Å². The van der Waals surface area contributed by atoms with Gasteiger partial charge in [0.1, 0.15) is 0 Å². The molecular formula is C27H26ClN3. The number of benzene rings is 3. The van der Waals surface area contributed by atoms with E-state index in [9.17, 15) is 0 Å². The Morgan fingerprint density at radius 2 is 1.65 bits per heavy atom. The molecule has 156 valence electrons.